The fourth-order valence-electron chi connectivity index (χ4n) is 3.03. The lowest BCUT2D eigenvalue weighted by atomic mass is 10.1. The van der Waals surface area contributed by atoms with Crippen LogP contribution in [0.25, 0.3) is 6.08 Å². The van der Waals surface area contributed by atoms with Crippen LogP contribution in [0.5, 0.6) is 17.2 Å². The summed E-state index contributed by atoms with van der Waals surface area (Å²) < 4.78 is 16.6. The van der Waals surface area contributed by atoms with Crippen LogP contribution in [0.2, 0.25) is 10.0 Å². The van der Waals surface area contributed by atoms with E-state index < -0.39 is 5.91 Å². The molecule has 1 amide bonds. The zero-order valence-electron chi connectivity index (χ0n) is 18.6. The molecule has 0 saturated heterocycles. The van der Waals surface area contributed by atoms with E-state index in [0.29, 0.717) is 51.8 Å². The van der Waals surface area contributed by atoms with E-state index in [0.717, 1.165) is 5.56 Å². The van der Waals surface area contributed by atoms with Gasteiger partial charge in [-0.25, -0.2) is 0 Å². The van der Waals surface area contributed by atoms with Crippen molar-refractivity contribution in [1.82, 2.24) is 0 Å². The molecule has 0 unspecified atom stereocenters. The lowest BCUT2D eigenvalue weighted by Crippen LogP contribution is -2.13. The van der Waals surface area contributed by atoms with Gasteiger partial charge in [-0.05, 0) is 61.0 Å². The van der Waals surface area contributed by atoms with Crippen molar-refractivity contribution in [3.05, 3.63) is 87.4 Å². The molecule has 0 saturated carbocycles. The van der Waals surface area contributed by atoms with Gasteiger partial charge in [0.25, 0.3) is 5.91 Å². The Hall–Kier alpha value is -3.66. The highest BCUT2D eigenvalue weighted by Gasteiger charge is 2.14. The Balaban J connectivity index is 1.69. The highest BCUT2D eigenvalue weighted by molar-refractivity contribution is 6.32. The summed E-state index contributed by atoms with van der Waals surface area (Å²) in [6.07, 6.45) is 1.43. The number of hydrogen-bond acceptors (Lipinski definition) is 5. The Labute approximate surface area is 208 Å². The smallest absolute Gasteiger partial charge is 0.266 e. The summed E-state index contributed by atoms with van der Waals surface area (Å²) >= 11 is 12.4. The molecule has 0 aromatic heterocycles. The first-order chi connectivity index (χ1) is 16.4. The fourth-order valence-corrected chi connectivity index (χ4v) is 3.50. The third-order valence-corrected chi connectivity index (χ3v) is 5.33. The third kappa shape index (κ3) is 6.44. The van der Waals surface area contributed by atoms with Crippen LogP contribution in [-0.4, -0.2) is 19.6 Å². The van der Waals surface area contributed by atoms with Crippen molar-refractivity contribution in [2.24, 2.45) is 0 Å². The number of carbonyl (C=O) groups excluding carboxylic acids is 1. The van der Waals surface area contributed by atoms with Gasteiger partial charge in [0.1, 0.15) is 24.0 Å². The third-order valence-electron chi connectivity index (χ3n) is 4.68. The Morgan fingerprint density at radius 3 is 2.44 bits per heavy atom. The predicted molar refractivity (Wildman–Crippen MR) is 134 cm³/mol. The molecule has 0 aliphatic carbocycles. The molecular weight excluding hydrogens is 475 g/mol. The van der Waals surface area contributed by atoms with Gasteiger partial charge in [-0.1, -0.05) is 41.4 Å². The number of nitriles is 1. The number of hydrogen-bond donors (Lipinski definition) is 1. The van der Waals surface area contributed by atoms with Gasteiger partial charge < -0.3 is 19.5 Å². The van der Waals surface area contributed by atoms with Crippen LogP contribution in [-0.2, 0) is 11.4 Å². The van der Waals surface area contributed by atoms with Crippen molar-refractivity contribution in [1.29, 1.82) is 5.26 Å². The quantitative estimate of drug-likeness (QED) is 0.269. The molecule has 0 aliphatic rings. The second-order valence-corrected chi connectivity index (χ2v) is 7.81. The van der Waals surface area contributed by atoms with E-state index in [1.807, 2.05) is 31.2 Å². The van der Waals surface area contributed by atoms with Gasteiger partial charge in [0, 0.05) is 16.3 Å². The monoisotopic (exact) mass is 496 g/mol. The van der Waals surface area contributed by atoms with Crippen LogP contribution in [0.1, 0.15) is 18.1 Å². The average molecular weight is 497 g/mol. The van der Waals surface area contributed by atoms with E-state index >= 15 is 0 Å². The fraction of sp³-hybridized carbons (Fsp3) is 0.154. The van der Waals surface area contributed by atoms with Crippen molar-refractivity contribution in [3.63, 3.8) is 0 Å². The number of rotatable bonds is 9. The maximum atomic E-state index is 12.7. The molecule has 3 aromatic carbocycles. The standard InChI is InChI=1S/C26H22Cl2N2O4/c1-3-33-25-23(28)13-17(14-24(25)32-2)12-19(15-29)26(31)30-20-8-10-21(11-9-20)34-16-18-6-4-5-7-22(18)27/h4-14H,3,16H2,1-2H3,(H,30,31)/b19-12+. The number of nitrogens with one attached hydrogen (secondary N) is 1. The van der Waals surface area contributed by atoms with Crippen LogP contribution < -0.4 is 19.5 Å². The molecule has 0 spiro atoms. The van der Waals surface area contributed by atoms with E-state index in [1.165, 1.54) is 13.2 Å². The summed E-state index contributed by atoms with van der Waals surface area (Å²) in [5.41, 5.74) is 1.82. The molecule has 0 bridgehead atoms. The zero-order chi connectivity index (χ0) is 24.5. The number of methoxy groups -OCH3 is 1. The molecule has 3 rings (SSSR count). The summed E-state index contributed by atoms with van der Waals surface area (Å²) in [4.78, 5) is 12.7. The van der Waals surface area contributed by atoms with Gasteiger partial charge in [-0.3, -0.25) is 4.79 Å². The van der Waals surface area contributed by atoms with Gasteiger partial charge in [-0.2, -0.15) is 5.26 Å². The van der Waals surface area contributed by atoms with E-state index in [-0.39, 0.29) is 5.57 Å². The molecule has 0 aliphatic heterocycles. The molecule has 0 atom stereocenters. The van der Waals surface area contributed by atoms with Crippen LogP contribution >= 0.6 is 23.2 Å². The molecule has 0 heterocycles. The number of carbonyl (C=O) groups is 1. The summed E-state index contributed by atoms with van der Waals surface area (Å²) in [5.74, 6) is 0.871. The van der Waals surface area contributed by atoms with Gasteiger partial charge in [0.2, 0.25) is 0 Å². The van der Waals surface area contributed by atoms with Crippen molar-refractivity contribution >= 4 is 40.9 Å². The normalized spacial score (nSPS) is 10.9. The van der Waals surface area contributed by atoms with Crippen LogP contribution in [0.4, 0.5) is 5.69 Å². The number of anilines is 1. The Bertz CT molecular complexity index is 1230. The first kappa shape index (κ1) is 25.0. The van der Waals surface area contributed by atoms with Gasteiger partial charge in [0.15, 0.2) is 11.5 Å². The van der Waals surface area contributed by atoms with E-state index in [4.69, 9.17) is 37.4 Å². The SMILES string of the molecule is CCOc1c(Cl)cc(/C=C(\C#N)C(=O)Nc2ccc(OCc3ccccc3Cl)cc2)cc1OC. The lowest BCUT2D eigenvalue weighted by molar-refractivity contribution is -0.112. The topological polar surface area (TPSA) is 80.6 Å². The van der Waals surface area contributed by atoms with Crippen LogP contribution in [0.15, 0.2) is 66.2 Å². The maximum Gasteiger partial charge on any atom is 0.266 e. The van der Waals surface area contributed by atoms with Crippen molar-refractivity contribution in [2.45, 2.75) is 13.5 Å². The summed E-state index contributed by atoms with van der Waals surface area (Å²) in [6, 6.07) is 19.4. The van der Waals surface area contributed by atoms with Crippen molar-refractivity contribution in [3.8, 4) is 23.3 Å². The highest BCUT2D eigenvalue weighted by atomic mass is 35.5. The molecule has 174 valence electrons. The number of halogens is 2. The Kier molecular flexibility index (Phi) is 8.80. The van der Waals surface area contributed by atoms with E-state index in [2.05, 4.69) is 5.32 Å². The van der Waals surface area contributed by atoms with Gasteiger partial charge in [0.05, 0.1) is 18.7 Å². The minimum atomic E-state index is -0.559. The molecule has 34 heavy (non-hydrogen) atoms. The van der Waals surface area contributed by atoms with Crippen molar-refractivity contribution < 1.29 is 19.0 Å². The molecule has 8 heteroatoms. The summed E-state index contributed by atoms with van der Waals surface area (Å²) in [6.45, 7) is 2.57. The molecule has 0 fully saturated rings. The van der Waals surface area contributed by atoms with Crippen LogP contribution in [0.3, 0.4) is 0 Å². The Morgan fingerprint density at radius 1 is 1.06 bits per heavy atom. The molecular formula is C26H22Cl2N2O4. The number of amides is 1. The highest BCUT2D eigenvalue weighted by Crippen LogP contribution is 2.37. The first-order valence-electron chi connectivity index (χ1n) is 10.3. The second-order valence-electron chi connectivity index (χ2n) is 7.00. The summed E-state index contributed by atoms with van der Waals surface area (Å²) in [7, 11) is 1.49. The predicted octanol–water partition coefficient (Wildman–Crippen LogP) is 6.53. The van der Waals surface area contributed by atoms with E-state index in [1.54, 1.807) is 42.5 Å². The number of nitrogens with zero attached hydrogens (tertiary/aromatic N) is 1. The van der Waals surface area contributed by atoms with Crippen LogP contribution in [0, 0.1) is 11.3 Å². The average Bonchev–Trinajstić information content (AvgIpc) is 2.84. The molecule has 3 aromatic rings. The minimum Gasteiger partial charge on any atom is -0.493 e. The van der Waals surface area contributed by atoms with E-state index in [9.17, 15) is 10.1 Å². The van der Waals surface area contributed by atoms with Crippen molar-refractivity contribution in [2.75, 3.05) is 19.0 Å². The first-order valence-corrected chi connectivity index (χ1v) is 11.1. The summed E-state index contributed by atoms with van der Waals surface area (Å²) in [5, 5.41) is 13.2. The molecule has 6 nitrogen and oxygen atoms in total. The van der Waals surface area contributed by atoms with Gasteiger partial charge >= 0.3 is 0 Å². The zero-order valence-corrected chi connectivity index (χ0v) is 20.1. The maximum absolute atomic E-state index is 12.7. The number of benzene rings is 3. The molecule has 1 N–H and O–H groups in total. The molecule has 0 radical (unpaired) electrons. The minimum absolute atomic E-state index is 0.0960. The lowest BCUT2D eigenvalue weighted by Gasteiger charge is -2.12. The Morgan fingerprint density at radius 2 is 1.79 bits per heavy atom. The second kappa shape index (κ2) is 12.0. The largest absolute Gasteiger partial charge is 0.493 e. The van der Waals surface area contributed by atoms with Gasteiger partial charge in [-0.15, -0.1) is 0 Å². The number of ether oxygens (including phenoxy) is 3.